The molecule has 1 saturated carbocycles. The van der Waals surface area contributed by atoms with Gasteiger partial charge in [-0.15, -0.1) is 11.3 Å². The Balaban J connectivity index is 1.29. The van der Waals surface area contributed by atoms with Gasteiger partial charge < -0.3 is 20.1 Å². The molecular formula is C26H28F3N5O3S. The van der Waals surface area contributed by atoms with Crippen molar-refractivity contribution in [2.24, 2.45) is 5.92 Å². The molecule has 0 bridgehead atoms. The Bertz CT molecular complexity index is 1300. The van der Waals surface area contributed by atoms with E-state index in [2.05, 4.69) is 20.3 Å². The average molecular weight is 548 g/mol. The van der Waals surface area contributed by atoms with Crippen LogP contribution in [0.15, 0.2) is 36.7 Å². The number of amides is 1. The van der Waals surface area contributed by atoms with Crippen molar-refractivity contribution < 1.29 is 27.8 Å². The van der Waals surface area contributed by atoms with E-state index in [1.165, 1.54) is 11.3 Å². The van der Waals surface area contributed by atoms with Crippen LogP contribution in [0, 0.1) is 12.8 Å². The van der Waals surface area contributed by atoms with Crippen molar-refractivity contribution in [1.82, 2.24) is 19.9 Å². The van der Waals surface area contributed by atoms with E-state index in [9.17, 15) is 23.1 Å². The second kappa shape index (κ2) is 10.6. The number of aromatic nitrogens is 3. The molecule has 0 unspecified atom stereocenters. The summed E-state index contributed by atoms with van der Waals surface area (Å²) < 4.78 is 44.4. The summed E-state index contributed by atoms with van der Waals surface area (Å²) in [6.45, 7) is 4.23. The van der Waals surface area contributed by atoms with Gasteiger partial charge in [0.15, 0.2) is 0 Å². The summed E-state index contributed by atoms with van der Waals surface area (Å²) in [6, 6.07) is 6.34. The molecule has 38 heavy (non-hydrogen) atoms. The molecule has 0 atom stereocenters. The Kier molecular flexibility index (Phi) is 7.38. The number of aryl methyl sites for hydroxylation is 1. The molecule has 1 aliphatic carbocycles. The van der Waals surface area contributed by atoms with Gasteiger partial charge in [0.1, 0.15) is 16.3 Å². The Hall–Kier alpha value is -3.09. The van der Waals surface area contributed by atoms with Gasteiger partial charge in [-0.3, -0.25) is 4.79 Å². The number of carbonyl (C=O) groups excluding carboxylic acids is 1. The highest BCUT2D eigenvalue weighted by Crippen LogP contribution is 2.43. The third-order valence-corrected chi connectivity index (χ3v) is 8.19. The Morgan fingerprint density at radius 1 is 1.18 bits per heavy atom. The number of carbonyl (C=O) groups is 1. The molecule has 1 aliphatic heterocycles. The second-order valence-electron chi connectivity index (χ2n) is 9.75. The molecule has 5 rings (SSSR count). The molecule has 2 aliphatic rings. The number of rotatable bonds is 5. The van der Waals surface area contributed by atoms with Crippen LogP contribution in [-0.2, 0) is 21.3 Å². The minimum Gasteiger partial charge on any atom is -0.383 e. The van der Waals surface area contributed by atoms with Crippen LogP contribution in [0.2, 0.25) is 0 Å². The number of aliphatic hydroxyl groups is 1. The summed E-state index contributed by atoms with van der Waals surface area (Å²) in [6.07, 6.45) is 0.290. The molecule has 2 aromatic heterocycles. The molecule has 3 aromatic rings. The van der Waals surface area contributed by atoms with Crippen molar-refractivity contribution in [2.75, 3.05) is 31.6 Å². The third kappa shape index (κ3) is 5.82. The molecule has 12 heteroatoms. The van der Waals surface area contributed by atoms with E-state index in [1.54, 1.807) is 18.3 Å². The highest BCUT2D eigenvalue weighted by atomic mass is 32.1. The van der Waals surface area contributed by atoms with E-state index < -0.39 is 17.5 Å². The lowest BCUT2D eigenvalue weighted by molar-refractivity contribution is -0.143. The number of thiazole rings is 1. The van der Waals surface area contributed by atoms with Crippen LogP contribution in [0.4, 0.5) is 24.8 Å². The summed E-state index contributed by atoms with van der Waals surface area (Å²) in [7, 11) is 0. The second-order valence-corrected chi connectivity index (χ2v) is 10.8. The normalized spacial score (nSPS) is 22.3. The van der Waals surface area contributed by atoms with Crippen LogP contribution < -0.4 is 5.32 Å². The molecular weight excluding hydrogens is 519 g/mol. The predicted octanol–water partition coefficient (Wildman–Crippen LogP) is 4.91. The molecule has 1 aromatic carbocycles. The number of nitrogens with zero attached hydrogens (tertiary/aromatic N) is 4. The van der Waals surface area contributed by atoms with Gasteiger partial charge in [-0.1, -0.05) is 6.07 Å². The third-order valence-electron chi connectivity index (χ3n) is 6.95. The summed E-state index contributed by atoms with van der Waals surface area (Å²) in [5, 5.41) is 14.8. The zero-order chi connectivity index (χ0) is 26.9. The Labute approximate surface area is 221 Å². The lowest BCUT2D eigenvalue weighted by Crippen LogP contribution is -2.45. The quantitative estimate of drug-likeness (QED) is 0.468. The number of hydrogen-bond donors (Lipinski definition) is 2. The van der Waals surface area contributed by atoms with E-state index in [4.69, 9.17) is 4.74 Å². The summed E-state index contributed by atoms with van der Waals surface area (Å²) in [5.74, 6) is -0.116. The van der Waals surface area contributed by atoms with Crippen LogP contribution in [0.5, 0.6) is 0 Å². The van der Waals surface area contributed by atoms with Crippen molar-refractivity contribution in [1.29, 1.82) is 0 Å². The Morgan fingerprint density at radius 3 is 2.63 bits per heavy atom. The smallest absolute Gasteiger partial charge is 0.383 e. The van der Waals surface area contributed by atoms with Gasteiger partial charge in [-0.05, 0) is 61.9 Å². The van der Waals surface area contributed by atoms with Gasteiger partial charge in [0, 0.05) is 37.1 Å². The van der Waals surface area contributed by atoms with Crippen molar-refractivity contribution >= 4 is 28.9 Å². The summed E-state index contributed by atoms with van der Waals surface area (Å²) in [4.78, 5) is 27.5. The van der Waals surface area contributed by atoms with E-state index in [1.807, 2.05) is 17.9 Å². The van der Waals surface area contributed by atoms with Gasteiger partial charge in [-0.2, -0.15) is 13.2 Å². The number of anilines is 2. The van der Waals surface area contributed by atoms with Crippen molar-refractivity contribution in [3.63, 3.8) is 0 Å². The van der Waals surface area contributed by atoms with E-state index in [0.29, 0.717) is 62.7 Å². The number of alkyl halides is 3. The van der Waals surface area contributed by atoms with Crippen molar-refractivity contribution in [3.05, 3.63) is 52.9 Å². The lowest BCUT2D eigenvalue weighted by Gasteiger charge is -2.37. The fourth-order valence-corrected chi connectivity index (χ4v) is 5.97. The van der Waals surface area contributed by atoms with Crippen molar-refractivity contribution in [3.8, 4) is 10.4 Å². The van der Waals surface area contributed by atoms with Crippen LogP contribution >= 0.6 is 11.3 Å². The maximum atomic E-state index is 13.0. The molecule has 2 N–H and O–H groups in total. The first-order valence-electron chi connectivity index (χ1n) is 12.5. The first-order chi connectivity index (χ1) is 18.1. The highest BCUT2D eigenvalue weighted by Gasteiger charge is 2.40. The zero-order valence-corrected chi connectivity index (χ0v) is 21.6. The average Bonchev–Trinajstić information content (AvgIpc) is 3.40. The summed E-state index contributed by atoms with van der Waals surface area (Å²) in [5.41, 5.74) is 0.108. The minimum atomic E-state index is -4.56. The largest absolute Gasteiger partial charge is 0.433 e. The number of halogens is 3. The maximum Gasteiger partial charge on any atom is 0.433 e. The monoisotopic (exact) mass is 547 g/mol. The highest BCUT2D eigenvalue weighted by molar-refractivity contribution is 7.15. The standard InChI is InChI=1S/C26H28F3N5O3S/c1-16-12-18(14-19(13-16)32-24-30-7-4-21(33-24)26(27,28)29)20-15-31-23(38-20)25(36)5-2-17(3-6-25)22(35)34-8-10-37-11-9-34/h4,7,12-15,17,36H,2-3,5-6,8-11H2,1H3,(H,30,32,33)/t17-,25-. The first-order valence-corrected chi connectivity index (χ1v) is 13.3. The molecule has 1 saturated heterocycles. The number of benzene rings is 1. The molecule has 0 spiro atoms. The number of nitrogens with one attached hydrogen (secondary N) is 1. The summed E-state index contributed by atoms with van der Waals surface area (Å²) >= 11 is 1.38. The molecule has 0 radical (unpaired) electrons. The first kappa shape index (κ1) is 26.5. The van der Waals surface area contributed by atoms with Gasteiger partial charge >= 0.3 is 6.18 Å². The van der Waals surface area contributed by atoms with E-state index in [-0.39, 0.29) is 17.8 Å². The van der Waals surface area contributed by atoms with Crippen molar-refractivity contribution in [2.45, 2.75) is 44.4 Å². The zero-order valence-electron chi connectivity index (χ0n) is 20.8. The van der Waals surface area contributed by atoms with Gasteiger partial charge in [0.25, 0.3) is 0 Å². The molecule has 8 nitrogen and oxygen atoms in total. The lowest BCUT2D eigenvalue weighted by atomic mass is 9.78. The predicted molar refractivity (Wildman–Crippen MR) is 136 cm³/mol. The van der Waals surface area contributed by atoms with E-state index >= 15 is 0 Å². The SMILES string of the molecule is Cc1cc(Nc2nccc(C(F)(F)F)n2)cc(-c2cnc([C@]3(O)CC[C@H](C(=O)N4CCOCC4)CC3)s2)c1. The van der Waals surface area contributed by atoms with Crippen LogP contribution in [-0.4, -0.2) is 57.2 Å². The van der Waals surface area contributed by atoms with Gasteiger partial charge in [0.05, 0.1) is 18.1 Å². The van der Waals surface area contributed by atoms with Crippen LogP contribution in [0.3, 0.4) is 0 Å². The Morgan fingerprint density at radius 2 is 1.92 bits per heavy atom. The topological polar surface area (TPSA) is 100 Å². The molecule has 202 valence electrons. The fourth-order valence-electron chi connectivity index (χ4n) is 4.92. The number of hydrogen-bond acceptors (Lipinski definition) is 8. The fraction of sp³-hybridized carbons (Fsp3) is 0.462. The van der Waals surface area contributed by atoms with Crippen LogP contribution in [0.1, 0.15) is 41.9 Å². The van der Waals surface area contributed by atoms with E-state index in [0.717, 1.165) is 28.3 Å². The maximum absolute atomic E-state index is 13.0. The van der Waals surface area contributed by atoms with Gasteiger partial charge in [0.2, 0.25) is 11.9 Å². The number of morpholine rings is 1. The van der Waals surface area contributed by atoms with Crippen LogP contribution in [0.25, 0.3) is 10.4 Å². The molecule has 2 fully saturated rings. The molecule has 3 heterocycles. The molecule has 1 amide bonds. The number of ether oxygens (including phenoxy) is 1. The minimum absolute atomic E-state index is 0.101. The van der Waals surface area contributed by atoms with Gasteiger partial charge in [-0.25, -0.2) is 15.0 Å².